The van der Waals surface area contributed by atoms with Crippen LogP contribution < -0.4 is 0 Å². The smallest absolute Gasteiger partial charge is 0.328 e. The fourth-order valence-corrected chi connectivity index (χ4v) is 5.53. The largest absolute Gasteiger partial charge is 0.456 e. The van der Waals surface area contributed by atoms with E-state index in [1.54, 1.807) is 30.3 Å². The predicted octanol–water partition coefficient (Wildman–Crippen LogP) is 3.85. The molecule has 27 heavy (non-hydrogen) atoms. The van der Waals surface area contributed by atoms with Gasteiger partial charge < -0.3 is 4.74 Å². The molecule has 1 aliphatic carbocycles. The Morgan fingerprint density at radius 1 is 0.963 bits per heavy atom. The second-order valence-corrected chi connectivity index (χ2v) is 9.22. The van der Waals surface area contributed by atoms with Crippen LogP contribution in [0.5, 0.6) is 0 Å². The average Bonchev–Trinajstić information content (AvgIpc) is 3.19. The number of carbonyl (C=O) groups is 2. The van der Waals surface area contributed by atoms with Crippen LogP contribution in [-0.2, 0) is 19.4 Å². The molecule has 0 aliphatic heterocycles. The van der Waals surface area contributed by atoms with Gasteiger partial charge in [-0.25, -0.2) is 8.42 Å². The Morgan fingerprint density at radius 2 is 1.56 bits per heavy atom. The van der Waals surface area contributed by atoms with Crippen LogP contribution in [-0.4, -0.2) is 31.5 Å². The van der Waals surface area contributed by atoms with Gasteiger partial charge in [0.15, 0.2) is 27.0 Å². The van der Waals surface area contributed by atoms with Gasteiger partial charge in [-0.1, -0.05) is 42.6 Å². The number of halogens is 1. The summed E-state index contributed by atoms with van der Waals surface area (Å²) in [5, 5.41) is 0.488. The van der Waals surface area contributed by atoms with Crippen molar-refractivity contribution in [3.63, 3.8) is 0 Å². The molecule has 0 aromatic heterocycles. The summed E-state index contributed by atoms with van der Waals surface area (Å²) in [6.07, 6.45) is 1.62. The van der Waals surface area contributed by atoms with Gasteiger partial charge in [0.25, 0.3) is 0 Å². The first kappa shape index (κ1) is 19.6. The van der Waals surface area contributed by atoms with Crippen LogP contribution in [0.25, 0.3) is 0 Å². The lowest BCUT2D eigenvalue weighted by atomic mass is 10.1. The normalized spacial score (nSPS) is 16.0. The summed E-state index contributed by atoms with van der Waals surface area (Å²) in [4.78, 5) is 25.1. The van der Waals surface area contributed by atoms with Gasteiger partial charge in [-0.05, 0) is 49.2 Å². The number of benzene rings is 2. The van der Waals surface area contributed by atoms with Crippen molar-refractivity contribution in [1.82, 2.24) is 0 Å². The maximum absolute atomic E-state index is 13.1. The minimum absolute atomic E-state index is 0.0906. The zero-order valence-electron chi connectivity index (χ0n) is 14.6. The van der Waals surface area contributed by atoms with E-state index in [4.69, 9.17) is 16.3 Å². The van der Waals surface area contributed by atoms with E-state index in [2.05, 4.69) is 0 Å². The zero-order valence-corrected chi connectivity index (χ0v) is 16.1. The number of rotatable bonds is 6. The highest BCUT2D eigenvalue weighted by Gasteiger charge is 2.54. The summed E-state index contributed by atoms with van der Waals surface area (Å²) in [5.74, 6) is -1.27. The molecule has 2 aromatic carbocycles. The topological polar surface area (TPSA) is 77.5 Å². The molecule has 0 amide bonds. The summed E-state index contributed by atoms with van der Waals surface area (Å²) in [5.41, 5.74) is 0.346. The number of esters is 1. The molecule has 0 N–H and O–H groups in total. The van der Waals surface area contributed by atoms with Crippen molar-refractivity contribution >= 4 is 33.2 Å². The third-order valence-electron chi connectivity index (χ3n) is 4.85. The fourth-order valence-electron chi connectivity index (χ4n) is 3.34. The average molecular weight is 407 g/mol. The van der Waals surface area contributed by atoms with Gasteiger partial charge in [0.1, 0.15) is 0 Å². The van der Waals surface area contributed by atoms with Gasteiger partial charge in [-0.15, -0.1) is 0 Å². The van der Waals surface area contributed by atoms with E-state index in [1.165, 1.54) is 24.3 Å². The molecule has 7 heteroatoms. The van der Waals surface area contributed by atoms with Crippen LogP contribution in [0, 0.1) is 0 Å². The second kappa shape index (κ2) is 7.82. The standard InChI is InChI=1S/C20H19ClO5S/c21-16-10-8-15(9-11-16)18(22)14-26-19(23)20(12-4-5-13-20)27(24,25)17-6-2-1-3-7-17/h1-3,6-11H,4-5,12-14H2. The van der Waals surface area contributed by atoms with E-state index in [0.29, 0.717) is 23.4 Å². The quantitative estimate of drug-likeness (QED) is 0.537. The summed E-state index contributed by atoms with van der Waals surface area (Å²) < 4.78 is 29.9. The molecule has 1 fully saturated rings. The van der Waals surface area contributed by atoms with Crippen molar-refractivity contribution in [2.75, 3.05) is 6.61 Å². The van der Waals surface area contributed by atoms with E-state index in [9.17, 15) is 18.0 Å². The number of hydrogen-bond donors (Lipinski definition) is 0. The van der Waals surface area contributed by atoms with Crippen molar-refractivity contribution in [2.24, 2.45) is 0 Å². The highest BCUT2D eigenvalue weighted by Crippen LogP contribution is 2.41. The Balaban J connectivity index is 1.80. The Bertz CT molecular complexity index is 930. The number of carbonyl (C=O) groups excluding carboxylic acids is 2. The van der Waals surface area contributed by atoms with Gasteiger partial charge in [-0.2, -0.15) is 0 Å². The summed E-state index contributed by atoms with van der Waals surface area (Å²) in [6.45, 7) is -0.507. The number of Topliss-reactive ketones (excluding diaryl/α,β-unsaturated/α-hetero) is 1. The van der Waals surface area contributed by atoms with E-state index < -0.39 is 32.9 Å². The maximum Gasteiger partial charge on any atom is 0.328 e. The Kier molecular flexibility index (Phi) is 5.67. The van der Waals surface area contributed by atoms with Crippen LogP contribution in [0.15, 0.2) is 59.5 Å². The van der Waals surface area contributed by atoms with E-state index in [0.717, 1.165) is 0 Å². The molecule has 1 saturated carbocycles. The molecular weight excluding hydrogens is 388 g/mol. The molecule has 0 heterocycles. The highest BCUT2D eigenvalue weighted by molar-refractivity contribution is 7.93. The number of ether oxygens (including phenoxy) is 1. The molecule has 0 unspecified atom stereocenters. The summed E-state index contributed by atoms with van der Waals surface area (Å²) in [7, 11) is -3.92. The van der Waals surface area contributed by atoms with E-state index >= 15 is 0 Å². The van der Waals surface area contributed by atoms with Crippen LogP contribution >= 0.6 is 11.6 Å². The first-order valence-corrected chi connectivity index (χ1v) is 10.5. The molecule has 0 spiro atoms. The Morgan fingerprint density at radius 3 is 2.15 bits per heavy atom. The summed E-state index contributed by atoms with van der Waals surface area (Å²) in [6, 6.07) is 14.1. The summed E-state index contributed by atoms with van der Waals surface area (Å²) >= 11 is 5.79. The third-order valence-corrected chi connectivity index (χ3v) is 7.60. The first-order valence-electron chi connectivity index (χ1n) is 8.62. The lowest BCUT2D eigenvalue weighted by Gasteiger charge is -2.26. The Labute approximate surface area is 163 Å². The van der Waals surface area contributed by atoms with Gasteiger partial charge in [0.2, 0.25) is 0 Å². The molecule has 1 aliphatic rings. The van der Waals surface area contributed by atoms with Crippen LogP contribution in [0.1, 0.15) is 36.0 Å². The van der Waals surface area contributed by atoms with Crippen molar-refractivity contribution in [2.45, 2.75) is 35.3 Å². The molecule has 0 atom stereocenters. The van der Waals surface area contributed by atoms with Gasteiger partial charge >= 0.3 is 5.97 Å². The monoisotopic (exact) mass is 406 g/mol. The van der Waals surface area contributed by atoms with Crippen LogP contribution in [0.2, 0.25) is 5.02 Å². The van der Waals surface area contributed by atoms with E-state index in [1.807, 2.05) is 0 Å². The first-order chi connectivity index (χ1) is 12.9. The zero-order chi connectivity index (χ0) is 19.5. The maximum atomic E-state index is 13.1. The minimum Gasteiger partial charge on any atom is -0.456 e. The molecule has 5 nitrogen and oxygen atoms in total. The molecule has 0 radical (unpaired) electrons. The Hall–Kier alpha value is -2.18. The molecular formula is C20H19ClO5S. The fraction of sp³-hybridized carbons (Fsp3) is 0.300. The van der Waals surface area contributed by atoms with Gasteiger partial charge in [0.05, 0.1) is 4.90 Å². The number of sulfone groups is 1. The molecule has 0 bridgehead atoms. The number of hydrogen-bond acceptors (Lipinski definition) is 5. The molecule has 142 valence electrons. The van der Waals surface area contributed by atoms with Crippen molar-refractivity contribution in [3.05, 3.63) is 65.2 Å². The van der Waals surface area contributed by atoms with Gasteiger partial charge in [0, 0.05) is 10.6 Å². The molecule has 0 saturated heterocycles. The molecule has 2 aromatic rings. The van der Waals surface area contributed by atoms with Crippen LogP contribution in [0.3, 0.4) is 0 Å². The highest BCUT2D eigenvalue weighted by atomic mass is 35.5. The van der Waals surface area contributed by atoms with Crippen molar-refractivity contribution in [3.8, 4) is 0 Å². The lowest BCUT2D eigenvalue weighted by Crippen LogP contribution is -2.45. The van der Waals surface area contributed by atoms with Crippen LogP contribution in [0.4, 0.5) is 0 Å². The van der Waals surface area contributed by atoms with Gasteiger partial charge in [-0.3, -0.25) is 9.59 Å². The predicted molar refractivity (Wildman–Crippen MR) is 102 cm³/mol. The minimum atomic E-state index is -3.92. The second-order valence-electron chi connectivity index (χ2n) is 6.52. The molecule has 3 rings (SSSR count). The lowest BCUT2D eigenvalue weighted by molar-refractivity contribution is -0.145. The SMILES string of the molecule is O=C(COC(=O)C1(S(=O)(=O)c2ccccc2)CCCC1)c1ccc(Cl)cc1. The number of ketones is 1. The van der Waals surface area contributed by atoms with Crippen molar-refractivity contribution < 1.29 is 22.7 Å². The van der Waals surface area contributed by atoms with Crippen molar-refractivity contribution in [1.29, 1.82) is 0 Å². The third kappa shape index (κ3) is 3.77. The van der Waals surface area contributed by atoms with E-state index in [-0.39, 0.29) is 17.7 Å².